The molecule has 3 nitrogen and oxygen atoms in total. The van der Waals surface area contributed by atoms with Crippen molar-refractivity contribution in [1.82, 2.24) is 5.32 Å². The predicted molar refractivity (Wildman–Crippen MR) is 64.8 cm³/mol. The Bertz CT molecular complexity index is 263. The third-order valence-corrected chi connectivity index (χ3v) is 4.18. The Kier molecular flexibility index (Phi) is 3.53. The fourth-order valence-corrected chi connectivity index (χ4v) is 3.20. The highest BCUT2D eigenvalue weighted by molar-refractivity contribution is 5.77. The summed E-state index contributed by atoms with van der Waals surface area (Å²) in [5.41, 5.74) is 5.54. The molecule has 1 aliphatic carbocycles. The Labute approximate surface area is 98.2 Å². The van der Waals surface area contributed by atoms with Crippen LogP contribution in [0.25, 0.3) is 0 Å². The molecule has 0 bridgehead atoms. The van der Waals surface area contributed by atoms with Gasteiger partial charge in [0.25, 0.3) is 0 Å². The molecule has 1 saturated heterocycles. The summed E-state index contributed by atoms with van der Waals surface area (Å²) in [6.45, 7) is 4.37. The Morgan fingerprint density at radius 1 is 1.31 bits per heavy atom. The lowest BCUT2D eigenvalue weighted by Gasteiger charge is -2.39. The van der Waals surface area contributed by atoms with E-state index < -0.39 is 0 Å². The second-order valence-electron chi connectivity index (χ2n) is 5.84. The van der Waals surface area contributed by atoms with E-state index in [1.165, 1.54) is 19.3 Å². The van der Waals surface area contributed by atoms with E-state index in [2.05, 4.69) is 19.2 Å². The van der Waals surface area contributed by atoms with Gasteiger partial charge in [0.1, 0.15) is 0 Å². The number of carbonyl (C=O) groups is 1. The van der Waals surface area contributed by atoms with Gasteiger partial charge in [-0.25, -0.2) is 0 Å². The molecule has 1 aliphatic heterocycles. The predicted octanol–water partition coefficient (Wildman–Crippen LogP) is 1.66. The van der Waals surface area contributed by atoms with Crippen molar-refractivity contribution in [3.63, 3.8) is 0 Å². The molecule has 3 N–H and O–H groups in total. The van der Waals surface area contributed by atoms with Crippen LogP contribution in [0.4, 0.5) is 0 Å². The monoisotopic (exact) mass is 224 g/mol. The normalized spacial score (nSPS) is 39.6. The third kappa shape index (κ3) is 2.76. The Balaban J connectivity index is 1.94. The molecule has 4 atom stereocenters. The SMILES string of the molecule is CC1CC(C)C(C(N)=O)C(CCC2CC2)N1. The largest absolute Gasteiger partial charge is 0.369 e. The first-order chi connectivity index (χ1) is 7.58. The molecule has 0 radical (unpaired) electrons. The van der Waals surface area contributed by atoms with Crippen LogP contribution >= 0.6 is 0 Å². The van der Waals surface area contributed by atoms with Gasteiger partial charge in [0, 0.05) is 12.1 Å². The molecule has 2 aliphatic rings. The Morgan fingerprint density at radius 3 is 2.56 bits per heavy atom. The van der Waals surface area contributed by atoms with Crippen molar-refractivity contribution in [3.05, 3.63) is 0 Å². The molecule has 0 spiro atoms. The minimum Gasteiger partial charge on any atom is -0.369 e. The summed E-state index contributed by atoms with van der Waals surface area (Å²) >= 11 is 0. The first kappa shape index (κ1) is 11.9. The van der Waals surface area contributed by atoms with Crippen LogP contribution in [0.5, 0.6) is 0 Å². The highest BCUT2D eigenvalue weighted by atomic mass is 16.1. The summed E-state index contributed by atoms with van der Waals surface area (Å²) in [5.74, 6) is 1.28. The minimum atomic E-state index is -0.118. The van der Waals surface area contributed by atoms with Gasteiger partial charge < -0.3 is 11.1 Å². The smallest absolute Gasteiger partial charge is 0.222 e. The first-order valence-corrected chi connectivity index (χ1v) is 6.63. The second-order valence-corrected chi connectivity index (χ2v) is 5.84. The number of nitrogens with two attached hydrogens (primary N) is 1. The van der Waals surface area contributed by atoms with Gasteiger partial charge in [-0.3, -0.25) is 4.79 Å². The van der Waals surface area contributed by atoms with Crippen molar-refractivity contribution >= 4 is 5.91 Å². The maximum atomic E-state index is 11.5. The molecule has 3 heteroatoms. The number of primary amides is 1. The van der Waals surface area contributed by atoms with Crippen LogP contribution in [0.1, 0.15) is 46.0 Å². The molecule has 4 unspecified atom stereocenters. The fourth-order valence-electron chi connectivity index (χ4n) is 3.20. The molecule has 1 saturated carbocycles. The zero-order valence-corrected chi connectivity index (χ0v) is 10.4. The van der Waals surface area contributed by atoms with Gasteiger partial charge in [0.05, 0.1) is 5.92 Å². The number of hydrogen-bond donors (Lipinski definition) is 2. The fraction of sp³-hybridized carbons (Fsp3) is 0.923. The number of rotatable bonds is 4. The first-order valence-electron chi connectivity index (χ1n) is 6.63. The van der Waals surface area contributed by atoms with Crippen LogP contribution in [0, 0.1) is 17.8 Å². The van der Waals surface area contributed by atoms with Crippen LogP contribution in [0.3, 0.4) is 0 Å². The summed E-state index contributed by atoms with van der Waals surface area (Å²) in [7, 11) is 0. The number of carbonyl (C=O) groups excluding carboxylic acids is 1. The van der Waals surface area contributed by atoms with Crippen molar-refractivity contribution < 1.29 is 4.79 Å². The molecule has 1 heterocycles. The van der Waals surface area contributed by atoms with E-state index in [9.17, 15) is 4.79 Å². The van der Waals surface area contributed by atoms with Crippen molar-refractivity contribution in [2.24, 2.45) is 23.5 Å². The van der Waals surface area contributed by atoms with Gasteiger partial charge in [-0.15, -0.1) is 0 Å². The van der Waals surface area contributed by atoms with Gasteiger partial charge in [-0.1, -0.05) is 19.8 Å². The van der Waals surface area contributed by atoms with Crippen LogP contribution in [-0.4, -0.2) is 18.0 Å². The van der Waals surface area contributed by atoms with E-state index >= 15 is 0 Å². The summed E-state index contributed by atoms with van der Waals surface area (Å²) in [4.78, 5) is 11.5. The lowest BCUT2D eigenvalue weighted by Crippen LogP contribution is -2.54. The number of hydrogen-bond acceptors (Lipinski definition) is 2. The van der Waals surface area contributed by atoms with Gasteiger partial charge in [0.2, 0.25) is 5.91 Å². The van der Waals surface area contributed by atoms with E-state index in [0.29, 0.717) is 18.0 Å². The van der Waals surface area contributed by atoms with Gasteiger partial charge in [0.15, 0.2) is 0 Å². The summed E-state index contributed by atoms with van der Waals surface area (Å²) < 4.78 is 0. The Morgan fingerprint density at radius 2 is 2.00 bits per heavy atom. The van der Waals surface area contributed by atoms with E-state index in [-0.39, 0.29) is 11.8 Å². The summed E-state index contributed by atoms with van der Waals surface area (Å²) in [6.07, 6.45) is 6.22. The van der Waals surface area contributed by atoms with E-state index in [0.717, 1.165) is 18.8 Å². The Hall–Kier alpha value is -0.570. The molecule has 0 aromatic carbocycles. The maximum absolute atomic E-state index is 11.5. The van der Waals surface area contributed by atoms with Crippen molar-refractivity contribution in [2.75, 3.05) is 0 Å². The molecular weight excluding hydrogens is 200 g/mol. The second kappa shape index (κ2) is 4.74. The zero-order valence-electron chi connectivity index (χ0n) is 10.4. The molecule has 1 amide bonds. The van der Waals surface area contributed by atoms with E-state index in [1.54, 1.807) is 0 Å². The molecule has 0 aromatic rings. The molecule has 2 rings (SSSR count). The van der Waals surface area contributed by atoms with Crippen LogP contribution < -0.4 is 11.1 Å². The van der Waals surface area contributed by atoms with Crippen molar-refractivity contribution in [3.8, 4) is 0 Å². The topological polar surface area (TPSA) is 55.1 Å². The lowest BCUT2D eigenvalue weighted by molar-refractivity contribution is -0.125. The average Bonchev–Trinajstić information content (AvgIpc) is 2.95. The standard InChI is InChI=1S/C13H24N2O/c1-8-7-9(2)15-11(12(8)13(14)16)6-5-10-3-4-10/h8-12,15H,3-7H2,1-2H3,(H2,14,16). The molecule has 0 aromatic heterocycles. The molecule has 2 fully saturated rings. The van der Waals surface area contributed by atoms with Crippen molar-refractivity contribution in [1.29, 1.82) is 0 Å². The van der Waals surface area contributed by atoms with Gasteiger partial charge in [-0.2, -0.15) is 0 Å². The van der Waals surface area contributed by atoms with Crippen LogP contribution in [-0.2, 0) is 4.79 Å². The highest BCUT2D eigenvalue weighted by Crippen LogP contribution is 2.36. The van der Waals surface area contributed by atoms with Crippen molar-refractivity contribution in [2.45, 2.75) is 58.0 Å². The third-order valence-electron chi connectivity index (χ3n) is 4.18. The number of piperidine rings is 1. The van der Waals surface area contributed by atoms with E-state index in [1.807, 2.05) is 0 Å². The maximum Gasteiger partial charge on any atom is 0.222 e. The molecule has 16 heavy (non-hydrogen) atoms. The molecular formula is C13H24N2O. The number of amides is 1. The number of nitrogens with one attached hydrogen (secondary N) is 1. The quantitative estimate of drug-likeness (QED) is 0.763. The summed E-state index contributed by atoms with van der Waals surface area (Å²) in [6, 6.07) is 0.839. The molecule has 92 valence electrons. The van der Waals surface area contributed by atoms with E-state index in [4.69, 9.17) is 5.73 Å². The van der Waals surface area contributed by atoms with Crippen LogP contribution in [0.15, 0.2) is 0 Å². The highest BCUT2D eigenvalue weighted by Gasteiger charge is 2.37. The average molecular weight is 224 g/mol. The van der Waals surface area contributed by atoms with Gasteiger partial charge >= 0.3 is 0 Å². The lowest BCUT2D eigenvalue weighted by atomic mass is 9.77. The minimum absolute atomic E-state index is 0.0370. The van der Waals surface area contributed by atoms with Crippen LogP contribution in [0.2, 0.25) is 0 Å². The zero-order chi connectivity index (χ0) is 11.7. The summed E-state index contributed by atoms with van der Waals surface area (Å²) in [5, 5.41) is 3.56. The van der Waals surface area contributed by atoms with Gasteiger partial charge in [-0.05, 0) is 38.0 Å².